The molecule has 0 amide bonds. The normalized spacial score (nSPS) is 14.5. The van der Waals surface area contributed by atoms with Crippen LogP contribution >= 0.6 is 11.3 Å². The Kier molecular flexibility index (Phi) is 5.29. The van der Waals surface area contributed by atoms with Gasteiger partial charge in [0.05, 0.1) is 18.8 Å². The van der Waals surface area contributed by atoms with Crippen molar-refractivity contribution in [3.63, 3.8) is 0 Å². The van der Waals surface area contributed by atoms with Gasteiger partial charge in [0, 0.05) is 36.9 Å². The summed E-state index contributed by atoms with van der Waals surface area (Å²) in [7, 11) is 1.78. The average Bonchev–Trinajstić information content (AvgIpc) is 3.26. The zero-order valence-electron chi connectivity index (χ0n) is 15.7. The van der Waals surface area contributed by atoms with Crippen molar-refractivity contribution in [2.75, 3.05) is 13.7 Å². The van der Waals surface area contributed by atoms with E-state index in [0.717, 1.165) is 40.5 Å². The topological polar surface area (TPSA) is 63.0 Å². The number of hydrogen-bond acceptors (Lipinski definition) is 4. The molecule has 2 aromatic heterocycles. The molecule has 1 aliphatic rings. The van der Waals surface area contributed by atoms with Crippen molar-refractivity contribution >= 4 is 22.3 Å². The van der Waals surface area contributed by atoms with E-state index in [9.17, 15) is 0 Å². The van der Waals surface area contributed by atoms with Gasteiger partial charge in [0.1, 0.15) is 5.75 Å². The van der Waals surface area contributed by atoms with Gasteiger partial charge >= 0.3 is 0 Å². The Morgan fingerprint density at radius 2 is 2.19 bits per heavy atom. The molecule has 0 aliphatic heterocycles. The van der Waals surface area contributed by atoms with Crippen molar-refractivity contribution in [1.82, 2.24) is 20.0 Å². The summed E-state index contributed by atoms with van der Waals surface area (Å²) in [6, 6.07) is 6.36. The minimum atomic E-state index is 0.632. The lowest BCUT2D eigenvalue weighted by atomic mass is 10.1. The van der Waals surface area contributed by atoms with Crippen LogP contribution in [0.5, 0.6) is 5.75 Å². The van der Waals surface area contributed by atoms with Crippen molar-refractivity contribution in [3.8, 4) is 5.75 Å². The summed E-state index contributed by atoms with van der Waals surface area (Å²) in [5.41, 5.74) is 3.35. The molecule has 1 aliphatic carbocycles. The highest BCUT2D eigenvalue weighted by molar-refractivity contribution is 7.15. The molecule has 3 aromatic rings. The van der Waals surface area contributed by atoms with Crippen molar-refractivity contribution in [1.29, 1.82) is 0 Å². The highest BCUT2D eigenvalue weighted by Crippen LogP contribution is 2.30. The van der Waals surface area contributed by atoms with E-state index < -0.39 is 0 Å². The van der Waals surface area contributed by atoms with Crippen LogP contribution in [0.1, 0.15) is 29.7 Å². The SMILES string of the molecule is CN=C(NCc1cn2ccsc2n1)NCc1ccc(C)cc1OCC1CC1. The Hall–Kier alpha value is -2.54. The summed E-state index contributed by atoms with van der Waals surface area (Å²) in [6.07, 6.45) is 6.64. The van der Waals surface area contributed by atoms with E-state index in [1.165, 1.54) is 18.4 Å². The van der Waals surface area contributed by atoms with E-state index in [-0.39, 0.29) is 0 Å². The Bertz CT molecular complexity index is 912. The monoisotopic (exact) mass is 383 g/mol. The van der Waals surface area contributed by atoms with Gasteiger partial charge in [-0.15, -0.1) is 11.3 Å². The lowest BCUT2D eigenvalue weighted by Gasteiger charge is -2.15. The van der Waals surface area contributed by atoms with Gasteiger partial charge in [-0.3, -0.25) is 9.39 Å². The van der Waals surface area contributed by atoms with Crippen LogP contribution in [0, 0.1) is 12.8 Å². The Morgan fingerprint density at radius 1 is 1.33 bits per heavy atom. The van der Waals surface area contributed by atoms with E-state index >= 15 is 0 Å². The van der Waals surface area contributed by atoms with Gasteiger partial charge in [-0.25, -0.2) is 4.98 Å². The van der Waals surface area contributed by atoms with Gasteiger partial charge in [0.15, 0.2) is 10.9 Å². The van der Waals surface area contributed by atoms with Crippen LogP contribution in [0.25, 0.3) is 4.96 Å². The van der Waals surface area contributed by atoms with Crippen molar-refractivity contribution in [2.24, 2.45) is 10.9 Å². The minimum Gasteiger partial charge on any atom is -0.493 e. The molecule has 0 atom stereocenters. The maximum absolute atomic E-state index is 6.05. The van der Waals surface area contributed by atoms with E-state index in [1.54, 1.807) is 18.4 Å². The number of aliphatic imine (C=N–C) groups is 1. The maximum Gasteiger partial charge on any atom is 0.193 e. The largest absolute Gasteiger partial charge is 0.493 e. The number of thiazole rings is 1. The number of aromatic nitrogens is 2. The molecule has 1 saturated carbocycles. The molecule has 7 heteroatoms. The van der Waals surface area contributed by atoms with Crippen LogP contribution in [0.4, 0.5) is 0 Å². The van der Waals surface area contributed by atoms with Crippen LogP contribution < -0.4 is 15.4 Å². The second-order valence-corrected chi connectivity index (χ2v) is 7.84. The molecule has 0 bridgehead atoms. The number of fused-ring (bicyclic) bond motifs is 1. The number of aryl methyl sites for hydroxylation is 1. The number of imidazole rings is 1. The van der Waals surface area contributed by atoms with Gasteiger partial charge in [-0.2, -0.15) is 0 Å². The third-order valence-electron chi connectivity index (χ3n) is 4.64. The molecule has 6 nitrogen and oxygen atoms in total. The first-order valence-electron chi connectivity index (χ1n) is 9.29. The molecular formula is C20H25N5OS. The lowest BCUT2D eigenvalue weighted by molar-refractivity contribution is 0.296. The standard InChI is InChI=1S/C20H25N5OS/c1-14-3-6-16(18(9-14)26-13-15-4-5-15)10-22-19(21-2)23-11-17-12-25-7-8-27-20(25)24-17/h3,6-9,12,15H,4-5,10-11,13H2,1-2H3,(H2,21,22,23). The van der Waals surface area contributed by atoms with E-state index in [2.05, 4.69) is 45.7 Å². The van der Waals surface area contributed by atoms with Crippen LogP contribution in [0.3, 0.4) is 0 Å². The van der Waals surface area contributed by atoms with Crippen LogP contribution in [0.15, 0.2) is 41.0 Å². The number of ether oxygens (including phenoxy) is 1. The van der Waals surface area contributed by atoms with Crippen LogP contribution in [0.2, 0.25) is 0 Å². The summed E-state index contributed by atoms with van der Waals surface area (Å²) in [5, 5.41) is 8.73. The lowest BCUT2D eigenvalue weighted by Crippen LogP contribution is -2.36. The predicted molar refractivity (Wildman–Crippen MR) is 110 cm³/mol. The predicted octanol–water partition coefficient (Wildman–Crippen LogP) is 3.36. The molecule has 27 heavy (non-hydrogen) atoms. The maximum atomic E-state index is 6.05. The minimum absolute atomic E-state index is 0.632. The number of benzene rings is 1. The summed E-state index contributed by atoms with van der Waals surface area (Å²) in [4.78, 5) is 9.90. The third-order valence-corrected chi connectivity index (χ3v) is 5.41. The molecule has 2 N–H and O–H groups in total. The van der Waals surface area contributed by atoms with Crippen LogP contribution in [-0.4, -0.2) is 29.0 Å². The average molecular weight is 384 g/mol. The van der Waals surface area contributed by atoms with Gasteiger partial charge in [0.25, 0.3) is 0 Å². The first-order valence-corrected chi connectivity index (χ1v) is 10.2. The fourth-order valence-corrected chi connectivity index (χ4v) is 3.59. The zero-order valence-corrected chi connectivity index (χ0v) is 16.6. The molecule has 2 heterocycles. The fraction of sp³-hybridized carbons (Fsp3) is 0.400. The molecule has 0 unspecified atom stereocenters. The van der Waals surface area contributed by atoms with Crippen molar-refractivity contribution in [2.45, 2.75) is 32.9 Å². The Labute approximate surface area is 163 Å². The van der Waals surface area contributed by atoms with Gasteiger partial charge in [-0.05, 0) is 37.3 Å². The molecule has 4 rings (SSSR count). The van der Waals surface area contributed by atoms with Gasteiger partial charge < -0.3 is 15.4 Å². The number of nitrogens with one attached hydrogen (secondary N) is 2. The third kappa shape index (κ3) is 4.60. The van der Waals surface area contributed by atoms with Crippen molar-refractivity contribution < 1.29 is 4.74 Å². The smallest absolute Gasteiger partial charge is 0.193 e. The first-order chi connectivity index (χ1) is 13.2. The summed E-state index contributed by atoms with van der Waals surface area (Å²) in [6.45, 7) is 4.21. The zero-order chi connectivity index (χ0) is 18.6. The van der Waals surface area contributed by atoms with Crippen molar-refractivity contribution in [3.05, 3.63) is 52.8 Å². The molecule has 0 spiro atoms. The number of rotatable bonds is 7. The second-order valence-electron chi connectivity index (χ2n) is 6.97. The number of hydrogen-bond donors (Lipinski definition) is 2. The molecule has 0 radical (unpaired) electrons. The summed E-state index contributed by atoms with van der Waals surface area (Å²) < 4.78 is 8.09. The van der Waals surface area contributed by atoms with Gasteiger partial charge in [0.2, 0.25) is 0 Å². The highest BCUT2D eigenvalue weighted by atomic mass is 32.1. The number of guanidine groups is 1. The molecular weight excluding hydrogens is 358 g/mol. The molecule has 1 fully saturated rings. The fourth-order valence-electron chi connectivity index (χ4n) is 2.87. The summed E-state index contributed by atoms with van der Waals surface area (Å²) in [5.74, 6) is 2.46. The van der Waals surface area contributed by atoms with Gasteiger partial charge in [-0.1, -0.05) is 12.1 Å². The van der Waals surface area contributed by atoms with Crippen LogP contribution in [-0.2, 0) is 13.1 Å². The van der Waals surface area contributed by atoms with E-state index in [0.29, 0.717) is 13.1 Å². The molecule has 142 valence electrons. The summed E-state index contributed by atoms with van der Waals surface area (Å²) >= 11 is 1.63. The molecule has 0 saturated heterocycles. The van der Waals surface area contributed by atoms with E-state index in [1.807, 2.05) is 22.2 Å². The molecule has 1 aromatic carbocycles. The second kappa shape index (κ2) is 8.00. The first kappa shape index (κ1) is 17.9. The number of nitrogens with zero attached hydrogens (tertiary/aromatic N) is 3. The Balaban J connectivity index is 1.33. The Morgan fingerprint density at radius 3 is 2.96 bits per heavy atom. The highest BCUT2D eigenvalue weighted by Gasteiger charge is 2.22. The van der Waals surface area contributed by atoms with E-state index in [4.69, 9.17) is 4.74 Å². The quantitative estimate of drug-likeness (QED) is 0.485.